The summed E-state index contributed by atoms with van der Waals surface area (Å²) in [6, 6.07) is 0.388. The zero-order valence-corrected chi connectivity index (χ0v) is 12.8. The molecule has 1 saturated heterocycles. The van der Waals surface area contributed by atoms with E-state index in [0.717, 1.165) is 19.6 Å². The molecule has 0 saturated carbocycles. The lowest BCUT2D eigenvalue weighted by atomic mass is 9.94. The molecule has 3 nitrogen and oxygen atoms in total. The molecule has 1 amide bonds. The van der Waals surface area contributed by atoms with E-state index in [1.807, 2.05) is 6.92 Å². The van der Waals surface area contributed by atoms with Gasteiger partial charge >= 0.3 is 0 Å². The number of rotatable bonds is 5. The molecule has 106 valence electrons. The zero-order valence-electron chi connectivity index (χ0n) is 12.8. The first-order valence-electron chi connectivity index (χ1n) is 7.17. The normalized spacial score (nSPS) is 26.1. The van der Waals surface area contributed by atoms with E-state index in [-0.39, 0.29) is 5.92 Å². The number of hydrogen-bond donors (Lipinski definition) is 0. The van der Waals surface area contributed by atoms with E-state index < -0.39 is 0 Å². The minimum atomic E-state index is 0.118. The van der Waals surface area contributed by atoms with Gasteiger partial charge in [0.2, 0.25) is 5.91 Å². The van der Waals surface area contributed by atoms with Crippen LogP contribution >= 0.6 is 0 Å². The van der Waals surface area contributed by atoms with Crippen molar-refractivity contribution in [1.29, 1.82) is 0 Å². The Labute approximate surface area is 112 Å². The summed E-state index contributed by atoms with van der Waals surface area (Å²) in [4.78, 5) is 14.6. The van der Waals surface area contributed by atoms with Crippen LogP contribution < -0.4 is 0 Å². The van der Waals surface area contributed by atoms with Gasteiger partial charge in [-0.25, -0.2) is 0 Å². The second-order valence-corrected chi connectivity index (χ2v) is 6.39. The Morgan fingerprint density at radius 1 is 1.28 bits per heavy atom. The smallest absolute Gasteiger partial charge is 0.225 e. The summed E-state index contributed by atoms with van der Waals surface area (Å²) in [5.74, 6) is 1.88. The first-order chi connectivity index (χ1) is 8.38. The molecule has 0 aromatic heterocycles. The molecule has 1 rings (SSSR count). The van der Waals surface area contributed by atoms with Crippen molar-refractivity contribution in [3.63, 3.8) is 0 Å². The van der Waals surface area contributed by atoms with E-state index in [0.29, 0.717) is 29.7 Å². The molecule has 2 unspecified atom stereocenters. The number of carbonyl (C=O) groups excluding carboxylic acids is 1. The SMILES string of the molecule is COCC1C[C@@H](C(C)C)N(C(=O)C(C)C(C)C)C1. The summed E-state index contributed by atoms with van der Waals surface area (Å²) in [6.07, 6.45) is 1.09. The third-order valence-corrected chi connectivity index (χ3v) is 4.27. The molecular weight excluding hydrogens is 226 g/mol. The average Bonchev–Trinajstić information content (AvgIpc) is 2.71. The Balaban J connectivity index is 2.75. The molecule has 3 atom stereocenters. The fraction of sp³-hybridized carbons (Fsp3) is 0.933. The van der Waals surface area contributed by atoms with E-state index >= 15 is 0 Å². The summed E-state index contributed by atoms with van der Waals surface area (Å²) in [5, 5.41) is 0. The standard InChI is InChI=1S/C15H29NO2/c1-10(2)12(5)15(17)16-8-13(9-18-6)7-14(16)11(3)4/h10-14H,7-9H2,1-6H3/t12?,13?,14-/m0/s1. The molecule has 0 N–H and O–H groups in total. The molecule has 0 spiro atoms. The number of likely N-dealkylation sites (tertiary alicyclic amines) is 1. The quantitative estimate of drug-likeness (QED) is 0.756. The summed E-state index contributed by atoms with van der Waals surface area (Å²) in [5.41, 5.74) is 0. The van der Waals surface area contributed by atoms with Crippen molar-refractivity contribution >= 4 is 5.91 Å². The molecule has 0 bridgehead atoms. The largest absolute Gasteiger partial charge is 0.384 e. The zero-order chi connectivity index (χ0) is 13.9. The van der Waals surface area contributed by atoms with Crippen LogP contribution in [0, 0.1) is 23.7 Å². The number of nitrogens with zero attached hydrogens (tertiary/aromatic N) is 1. The maximum absolute atomic E-state index is 12.5. The first kappa shape index (κ1) is 15.5. The van der Waals surface area contributed by atoms with Gasteiger partial charge in [-0.2, -0.15) is 0 Å². The Morgan fingerprint density at radius 3 is 2.33 bits per heavy atom. The van der Waals surface area contributed by atoms with Crippen molar-refractivity contribution in [2.75, 3.05) is 20.3 Å². The van der Waals surface area contributed by atoms with Crippen LogP contribution in [0.1, 0.15) is 41.0 Å². The van der Waals surface area contributed by atoms with Gasteiger partial charge in [0.25, 0.3) is 0 Å². The molecule has 0 aromatic carbocycles. The van der Waals surface area contributed by atoms with Crippen LogP contribution in [0.15, 0.2) is 0 Å². The van der Waals surface area contributed by atoms with E-state index in [1.165, 1.54) is 0 Å². The highest BCUT2D eigenvalue weighted by atomic mass is 16.5. The Bertz CT molecular complexity index is 276. The molecule has 18 heavy (non-hydrogen) atoms. The van der Waals surface area contributed by atoms with Crippen molar-refractivity contribution in [3.05, 3.63) is 0 Å². The number of ether oxygens (including phenoxy) is 1. The predicted octanol–water partition coefficient (Wildman–Crippen LogP) is 2.80. The highest BCUT2D eigenvalue weighted by Gasteiger charge is 2.38. The maximum Gasteiger partial charge on any atom is 0.225 e. The number of carbonyl (C=O) groups is 1. The van der Waals surface area contributed by atoms with Crippen molar-refractivity contribution in [2.45, 2.75) is 47.1 Å². The van der Waals surface area contributed by atoms with Gasteiger partial charge in [-0.05, 0) is 18.3 Å². The maximum atomic E-state index is 12.5. The van der Waals surface area contributed by atoms with Crippen molar-refractivity contribution in [2.24, 2.45) is 23.7 Å². The molecule has 3 heteroatoms. The number of methoxy groups -OCH3 is 1. The summed E-state index contributed by atoms with van der Waals surface area (Å²) in [6.45, 7) is 12.3. The molecule has 1 heterocycles. The summed E-state index contributed by atoms with van der Waals surface area (Å²) < 4.78 is 5.25. The monoisotopic (exact) mass is 255 g/mol. The van der Waals surface area contributed by atoms with Crippen LogP contribution in [0.5, 0.6) is 0 Å². The fourth-order valence-electron chi connectivity index (χ4n) is 2.75. The first-order valence-corrected chi connectivity index (χ1v) is 7.17. The molecule has 0 aliphatic carbocycles. The van der Waals surface area contributed by atoms with E-state index in [4.69, 9.17) is 4.74 Å². The van der Waals surface area contributed by atoms with Gasteiger partial charge in [-0.3, -0.25) is 4.79 Å². The van der Waals surface area contributed by atoms with Crippen LogP contribution in [-0.4, -0.2) is 37.1 Å². The minimum Gasteiger partial charge on any atom is -0.384 e. The third-order valence-electron chi connectivity index (χ3n) is 4.27. The summed E-state index contributed by atoms with van der Waals surface area (Å²) >= 11 is 0. The molecule has 1 fully saturated rings. The Kier molecular flexibility index (Phi) is 5.64. The molecule has 1 aliphatic heterocycles. The Morgan fingerprint density at radius 2 is 1.89 bits per heavy atom. The topological polar surface area (TPSA) is 29.5 Å². The van der Waals surface area contributed by atoms with Gasteiger partial charge in [0.1, 0.15) is 0 Å². The highest BCUT2D eigenvalue weighted by molar-refractivity contribution is 5.79. The lowest BCUT2D eigenvalue weighted by Gasteiger charge is -2.31. The summed E-state index contributed by atoms with van der Waals surface area (Å²) in [7, 11) is 1.74. The average molecular weight is 255 g/mol. The third kappa shape index (κ3) is 3.47. The highest BCUT2D eigenvalue weighted by Crippen LogP contribution is 2.30. The van der Waals surface area contributed by atoms with Gasteiger partial charge in [0.05, 0.1) is 6.61 Å². The second kappa shape index (κ2) is 6.55. The number of hydrogen-bond acceptors (Lipinski definition) is 2. The second-order valence-electron chi connectivity index (χ2n) is 6.39. The van der Waals surface area contributed by atoms with Crippen molar-refractivity contribution in [1.82, 2.24) is 4.90 Å². The van der Waals surface area contributed by atoms with Crippen LogP contribution in [0.2, 0.25) is 0 Å². The predicted molar refractivity (Wildman–Crippen MR) is 74.3 cm³/mol. The van der Waals surface area contributed by atoms with E-state index in [9.17, 15) is 4.79 Å². The van der Waals surface area contributed by atoms with Crippen LogP contribution in [-0.2, 0) is 9.53 Å². The van der Waals surface area contributed by atoms with Crippen LogP contribution in [0.25, 0.3) is 0 Å². The van der Waals surface area contributed by atoms with Gasteiger partial charge in [0, 0.05) is 31.5 Å². The number of amides is 1. The molecule has 0 aromatic rings. The van der Waals surface area contributed by atoms with Gasteiger partial charge in [-0.1, -0.05) is 34.6 Å². The lowest BCUT2D eigenvalue weighted by molar-refractivity contribution is -0.138. The van der Waals surface area contributed by atoms with Gasteiger partial charge in [-0.15, -0.1) is 0 Å². The van der Waals surface area contributed by atoms with Gasteiger partial charge in [0.15, 0.2) is 0 Å². The Hall–Kier alpha value is -0.570. The molecule has 0 radical (unpaired) electrons. The molecular formula is C15H29NO2. The van der Waals surface area contributed by atoms with Crippen LogP contribution in [0.3, 0.4) is 0 Å². The molecule has 1 aliphatic rings. The lowest BCUT2D eigenvalue weighted by Crippen LogP contribution is -2.42. The van der Waals surface area contributed by atoms with Gasteiger partial charge < -0.3 is 9.64 Å². The van der Waals surface area contributed by atoms with Crippen LogP contribution in [0.4, 0.5) is 0 Å². The van der Waals surface area contributed by atoms with Crippen molar-refractivity contribution in [3.8, 4) is 0 Å². The van der Waals surface area contributed by atoms with E-state index in [2.05, 4.69) is 32.6 Å². The fourth-order valence-corrected chi connectivity index (χ4v) is 2.75. The minimum absolute atomic E-state index is 0.118. The van der Waals surface area contributed by atoms with E-state index in [1.54, 1.807) is 7.11 Å². The van der Waals surface area contributed by atoms with Crippen molar-refractivity contribution < 1.29 is 9.53 Å².